The summed E-state index contributed by atoms with van der Waals surface area (Å²) in [5, 5.41) is 19.2. The molecule has 0 aromatic heterocycles. The largest absolute Gasteiger partial charge is 0.470 e. The van der Waals surface area contributed by atoms with Crippen LogP contribution in [0.5, 0.6) is 0 Å². The summed E-state index contributed by atoms with van der Waals surface area (Å²) in [6, 6.07) is 0. The number of phosphoric ester groups is 3. The minimum Gasteiger partial charge on any atom is -0.387 e. The van der Waals surface area contributed by atoms with Gasteiger partial charge in [-0.2, -0.15) is 0 Å². The maximum absolute atomic E-state index is 14.0. The van der Waals surface area contributed by atoms with Crippen LogP contribution in [0, 0.1) is 0 Å². The molecule has 0 saturated heterocycles. The maximum atomic E-state index is 14.0. The van der Waals surface area contributed by atoms with Crippen LogP contribution in [0.4, 0.5) is 8.78 Å². The maximum Gasteiger partial charge on any atom is 0.470 e. The molecule has 0 heterocycles. The predicted molar refractivity (Wildman–Crippen MR) is 67.7 cm³/mol. The Kier molecular flexibility index (Phi) is 6.72. The number of hydrogen-bond acceptors (Lipinski definition) is 8. The van der Waals surface area contributed by atoms with E-state index in [0.29, 0.717) is 0 Å². The molecule has 25 heavy (non-hydrogen) atoms. The molecular formula is C6H13F2O14P3. The van der Waals surface area contributed by atoms with Crippen LogP contribution in [0.15, 0.2) is 0 Å². The molecule has 8 N–H and O–H groups in total. The van der Waals surface area contributed by atoms with Gasteiger partial charge in [-0.3, -0.25) is 13.6 Å². The fourth-order valence-corrected chi connectivity index (χ4v) is 3.67. The van der Waals surface area contributed by atoms with E-state index in [1.807, 2.05) is 0 Å². The fourth-order valence-electron chi connectivity index (χ4n) is 2.00. The molecule has 0 radical (unpaired) electrons. The highest BCUT2D eigenvalue weighted by atomic mass is 31.2. The van der Waals surface area contributed by atoms with Gasteiger partial charge in [0.2, 0.25) is 0 Å². The van der Waals surface area contributed by atoms with Crippen molar-refractivity contribution in [1.82, 2.24) is 0 Å². The molecular weight excluding hydrogens is 427 g/mol. The second-order valence-corrected chi connectivity index (χ2v) is 8.32. The van der Waals surface area contributed by atoms with Gasteiger partial charge >= 0.3 is 29.4 Å². The number of hydrogen-bond donors (Lipinski definition) is 8. The van der Waals surface area contributed by atoms with Crippen molar-refractivity contribution >= 4 is 23.5 Å². The molecule has 0 aliphatic heterocycles. The van der Waals surface area contributed by atoms with Gasteiger partial charge in [0.1, 0.15) is 24.4 Å². The normalized spacial score (nSPS) is 34.1. The summed E-state index contributed by atoms with van der Waals surface area (Å²) in [4.78, 5) is 51.9. The standard InChI is InChI=1S/C6H13F2O14P3/c7-6(8)4(10)3(21-24(14,15)16)2(20-23(11,12)13)1(9)5(6)22-25(17,18)19/h1-5,9-10H,(H2,11,12,13)(H2,14,15,16)(H2,17,18,19)/t1-,2-,3+,4-,5+/m1/s1. The number of rotatable bonds is 6. The highest BCUT2D eigenvalue weighted by Crippen LogP contribution is 2.52. The van der Waals surface area contributed by atoms with Crippen molar-refractivity contribution in [3.05, 3.63) is 0 Å². The van der Waals surface area contributed by atoms with E-state index in [-0.39, 0.29) is 0 Å². The number of aliphatic hydroxyl groups is 2. The molecule has 19 heteroatoms. The minimum absolute atomic E-state index is 2.76. The summed E-state index contributed by atoms with van der Waals surface area (Å²) in [6.07, 6.45) is -15.3. The van der Waals surface area contributed by atoms with Gasteiger partial charge in [-0.05, 0) is 0 Å². The summed E-state index contributed by atoms with van der Waals surface area (Å²) >= 11 is 0. The van der Waals surface area contributed by atoms with Crippen LogP contribution < -0.4 is 0 Å². The predicted octanol–water partition coefficient (Wildman–Crippen LogP) is -2.21. The van der Waals surface area contributed by atoms with E-state index in [4.69, 9.17) is 29.4 Å². The van der Waals surface area contributed by atoms with E-state index in [2.05, 4.69) is 13.6 Å². The SMILES string of the molecule is O=P(O)(O)O[C@@H]1[C@@H](O)[C@H](OP(=O)(O)O)C(F)(F)[C@H](O)[C@H]1OP(=O)(O)O. The van der Waals surface area contributed by atoms with E-state index >= 15 is 0 Å². The highest BCUT2D eigenvalue weighted by Gasteiger charge is 2.66. The molecule has 1 saturated carbocycles. The van der Waals surface area contributed by atoms with E-state index in [1.54, 1.807) is 0 Å². The lowest BCUT2D eigenvalue weighted by Gasteiger charge is -2.45. The summed E-state index contributed by atoms with van der Waals surface area (Å²) in [6.45, 7) is 0. The molecule has 1 aliphatic carbocycles. The molecule has 1 aliphatic rings. The van der Waals surface area contributed by atoms with Crippen molar-refractivity contribution in [3.8, 4) is 0 Å². The molecule has 1 rings (SSSR count). The second kappa shape index (κ2) is 7.26. The lowest BCUT2D eigenvalue weighted by molar-refractivity contribution is -0.276. The van der Waals surface area contributed by atoms with Gasteiger partial charge in [-0.15, -0.1) is 0 Å². The van der Waals surface area contributed by atoms with Crippen LogP contribution in [-0.4, -0.2) is 76.0 Å². The first-order valence-corrected chi connectivity index (χ1v) is 10.4. The van der Waals surface area contributed by atoms with Crippen molar-refractivity contribution in [3.63, 3.8) is 0 Å². The second-order valence-electron chi connectivity index (χ2n) is 4.75. The first kappa shape index (κ1) is 23.1. The van der Waals surface area contributed by atoms with Crippen LogP contribution >= 0.6 is 23.5 Å². The average Bonchev–Trinajstić information content (AvgIpc) is 2.33. The summed E-state index contributed by atoms with van der Waals surface area (Å²) in [5.74, 6) is -4.78. The third kappa shape index (κ3) is 6.34. The Bertz CT molecular complexity index is 622. The Hall–Kier alpha value is 0.110. The monoisotopic (exact) mass is 440 g/mol. The third-order valence-electron chi connectivity index (χ3n) is 2.82. The number of alkyl halides is 2. The van der Waals surface area contributed by atoms with E-state index in [0.717, 1.165) is 0 Å². The summed E-state index contributed by atoms with van der Waals surface area (Å²) < 4.78 is 71.7. The Balaban J connectivity index is 3.37. The lowest BCUT2D eigenvalue weighted by atomic mass is 9.84. The van der Waals surface area contributed by atoms with Crippen molar-refractivity contribution in [2.75, 3.05) is 0 Å². The highest BCUT2D eigenvalue weighted by molar-refractivity contribution is 7.46. The average molecular weight is 440 g/mol. The molecule has 14 nitrogen and oxygen atoms in total. The number of halogens is 2. The van der Waals surface area contributed by atoms with Gasteiger partial charge in [-0.1, -0.05) is 0 Å². The van der Waals surface area contributed by atoms with Crippen LogP contribution in [0.25, 0.3) is 0 Å². The van der Waals surface area contributed by atoms with Crippen LogP contribution in [0.3, 0.4) is 0 Å². The quantitative estimate of drug-likeness (QED) is 0.204. The van der Waals surface area contributed by atoms with E-state index in [1.165, 1.54) is 0 Å². The van der Waals surface area contributed by atoms with Crippen molar-refractivity contribution in [1.29, 1.82) is 0 Å². The molecule has 0 spiro atoms. The first-order chi connectivity index (χ1) is 10.9. The van der Waals surface area contributed by atoms with Crippen molar-refractivity contribution in [2.24, 2.45) is 0 Å². The smallest absolute Gasteiger partial charge is 0.387 e. The lowest BCUT2D eigenvalue weighted by Crippen LogP contribution is -2.68. The van der Waals surface area contributed by atoms with Crippen molar-refractivity contribution in [2.45, 2.75) is 36.4 Å². The minimum atomic E-state index is -5.71. The molecule has 0 aromatic rings. The zero-order chi connectivity index (χ0) is 20.0. The Morgan fingerprint density at radius 3 is 1.44 bits per heavy atom. The van der Waals surface area contributed by atoms with Gasteiger partial charge in [0.15, 0.2) is 6.10 Å². The Morgan fingerprint density at radius 2 is 1.08 bits per heavy atom. The summed E-state index contributed by atoms with van der Waals surface area (Å²) in [5.41, 5.74) is 0. The van der Waals surface area contributed by atoms with Crippen LogP contribution in [-0.2, 0) is 27.3 Å². The van der Waals surface area contributed by atoms with Gasteiger partial charge in [0.25, 0.3) is 0 Å². The van der Waals surface area contributed by atoms with Gasteiger partial charge in [0, 0.05) is 0 Å². The van der Waals surface area contributed by atoms with E-state index in [9.17, 15) is 32.7 Å². The van der Waals surface area contributed by atoms with Crippen LogP contribution in [0.1, 0.15) is 0 Å². The molecule has 150 valence electrons. The van der Waals surface area contributed by atoms with Crippen LogP contribution in [0.2, 0.25) is 0 Å². The molecule has 0 amide bonds. The zero-order valence-corrected chi connectivity index (χ0v) is 14.2. The first-order valence-electron chi connectivity index (χ1n) is 5.81. The zero-order valence-electron chi connectivity index (χ0n) is 11.5. The molecule has 0 bridgehead atoms. The van der Waals surface area contributed by atoms with Gasteiger partial charge < -0.3 is 39.6 Å². The molecule has 5 atom stereocenters. The Morgan fingerprint density at radius 1 is 0.720 bits per heavy atom. The Labute approximate surface area is 136 Å². The van der Waals surface area contributed by atoms with Gasteiger partial charge in [-0.25, -0.2) is 22.5 Å². The number of aliphatic hydroxyl groups excluding tert-OH is 2. The molecule has 0 aromatic carbocycles. The number of phosphoric acid groups is 3. The van der Waals surface area contributed by atoms with Crippen molar-refractivity contribution < 1.29 is 75.6 Å². The van der Waals surface area contributed by atoms with E-state index < -0.39 is 59.9 Å². The molecule has 1 fully saturated rings. The summed E-state index contributed by atoms with van der Waals surface area (Å²) in [7, 11) is -17.0. The fraction of sp³-hybridized carbons (Fsp3) is 1.00. The molecule has 0 unspecified atom stereocenters. The topological polar surface area (TPSA) is 241 Å². The third-order valence-corrected chi connectivity index (χ3v) is 4.36. The van der Waals surface area contributed by atoms with Gasteiger partial charge in [0.05, 0.1) is 0 Å².